The van der Waals surface area contributed by atoms with Crippen molar-refractivity contribution >= 4 is 0 Å². The molecule has 0 saturated carbocycles. The lowest BCUT2D eigenvalue weighted by molar-refractivity contribution is 0.0378. The quantitative estimate of drug-likeness (QED) is 0.772. The first-order valence-electron chi connectivity index (χ1n) is 8.52. The Kier molecular flexibility index (Phi) is 7.28. The van der Waals surface area contributed by atoms with Crippen molar-refractivity contribution in [3.63, 3.8) is 0 Å². The molecular formula is C16H33N3O. The average molecular weight is 283 g/mol. The summed E-state index contributed by atoms with van der Waals surface area (Å²) in [6.07, 6.45) is 9.21. The molecule has 0 aliphatic carbocycles. The van der Waals surface area contributed by atoms with Crippen LogP contribution in [0.3, 0.4) is 0 Å². The van der Waals surface area contributed by atoms with Gasteiger partial charge in [0.1, 0.15) is 0 Å². The molecule has 0 radical (unpaired) electrons. The zero-order valence-corrected chi connectivity index (χ0v) is 13.2. The first-order chi connectivity index (χ1) is 9.85. The highest BCUT2D eigenvalue weighted by Gasteiger charge is 2.28. The molecule has 118 valence electrons. The second kappa shape index (κ2) is 8.98. The third-order valence-corrected chi connectivity index (χ3v) is 5.02. The predicted octanol–water partition coefficient (Wildman–Crippen LogP) is 1.69. The standard InChI is InChI=1S/C16H33N3O/c1-20-14-16(6-5-9-17)19-12-7-15(8-13-19)18-10-3-2-4-11-18/h15-16H,2-14,17H2,1H3. The Hall–Kier alpha value is -0.160. The van der Waals surface area contributed by atoms with Gasteiger partial charge in [0.05, 0.1) is 6.61 Å². The highest BCUT2D eigenvalue weighted by Crippen LogP contribution is 2.23. The Bertz CT molecular complexity index is 248. The molecule has 2 N–H and O–H groups in total. The van der Waals surface area contributed by atoms with E-state index in [0.29, 0.717) is 6.04 Å². The number of likely N-dealkylation sites (tertiary alicyclic amines) is 2. The molecule has 2 aliphatic rings. The third kappa shape index (κ3) is 4.69. The van der Waals surface area contributed by atoms with Crippen molar-refractivity contribution < 1.29 is 4.74 Å². The SMILES string of the molecule is COCC(CCCN)N1CCC(N2CCCCC2)CC1. The smallest absolute Gasteiger partial charge is 0.0618 e. The minimum Gasteiger partial charge on any atom is -0.383 e. The van der Waals surface area contributed by atoms with E-state index in [9.17, 15) is 0 Å². The summed E-state index contributed by atoms with van der Waals surface area (Å²) in [6, 6.07) is 1.41. The number of nitrogens with zero attached hydrogens (tertiary/aromatic N) is 2. The number of rotatable bonds is 7. The minimum atomic E-state index is 0.575. The fraction of sp³-hybridized carbons (Fsp3) is 1.00. The van der Waals surface area contributed by atoms with E-state index >= 15 is 0 Å². The first kappa shape index (κ1) is 16.2. The van der Waals surface area contributed by atoms with Crippen LogP contribution in [0.15, 0.2) is 0 Å². The average Bonchev–Trinajstić information content (AvgIpc) is 2.52. The lowest BCUT2D eigenvalue weighted by Gasteiger charge is -2.42. The molecule has 4 nitrogen and oxygen atoms in total. The summed E-state index contributed by atoms with van der Waals surface area (Å²) in [6.45, 7) is 6.79. The van der Waals surface area contributed by atoms with Crippen LogP contribution in [0.4, 0.5) is 0 Å². The number of piperidine rings is 2. The molecule has 0 spiro atoms. The molecule has 2 aliphatic heterocycles. The normalized spacial score (nSPS) is 24.9. The van der Waals surface area contributed by atoms with Gasteiger partial charge in [-0.1, -0.05) is 6.42 Å². The monoisotopic (exact) mass is 283 g/mol. The maximum atomic E-state index is 5.66. The molecule has 0 aromatic heterocycles. The van der Waals surface area contributed by atoms with Crippen LogP contribution in [-0.4, -0.2) is 68.3 Å². The van der Waals surface area contributed by atoms with E-state index in [0.717, 1.165) is 25.6 Å². The molecule has 4 heteroatoms. The molecule has 0 bridgehead atoms. The molecular weight excluding hydrogens is 250 g/mol. The van der Waals surface area contributed by atoms with Crippen LogP contribution in [-0.2, 0) is 4.74 Å². The molecule has 20 heavy (non-hydrogen) atoms. The summed E-state index contributed by atoms with van der Waals surface area (Å²) < 4.78 is 5.40. The fourth-order valence-electron chi connectivity index (χ4n) is 3.82. The van der Waals surface area contributed by atoms with E-state index in [1.165, 1.54) is 64.7 Å². The second-order valence-corrected chi connectivity index (χ2v) is 6.40. The number of hydrogen-bond acceptors (Lipinski definition) is 4. The Balaban J connectivity index is 1.76. The van der Waals surface area contributed by atoms with E-state index in [4.69, 9.17) is 10.5 Å². The van der Waals surface area contributed by atoms with E-state index in [1.54, 1.807) is 0 Å². The van der Waals surface area contributed by atoms with E-state index in [2.05, 4.69) is 9.80 Å². The van der Waals surface area contributed by atoms with E-state index in [1.807, 2.05) is 7.11 Å². The lowest BCUT2D eigenvalue weighted by Crippen LogP contribution is -2.50. The van der Waals surface area contributed by atoms with Crippen LogP contribution in [0.2, 0.25) is 0 Å². The predicted molar refractivity (Wildman–Crippen MR) is 84.0 cm³/mol. The first-order valence-corrected chi connectivity index (χ1v) is 8.52. The van der Waals surface area contributed by atoms with Crippen molar-refractivity contribution in [1.29, 1.82) is 0 Å². The van der Waals surface area contributed by atoms with Gasteiger partial charge in [-0.2, -0.15) is 0 Å². The molecule has 2 fully saturated rings. The molecule has 0 aromatic carbocycles. The van der Waals surface area contributed by atoms with Crippen LogP contribution < -0.4 is 5.73 Å². The number of methoxy groups -OCH3 is 1. The maximum absolute atomic E-state index is 5.66. The molecule has 0 amide bonds. The lowest BCUT2D eigenvalue weighted by atomic mass is 9.98. The topological polar surface area (TPSA) is 41.7 Å². The van der Waals surface area contributed by atoms with Crippen molar-refractivity contribution in [3.05, 3.63) is 0 Å². The van der Waals surface area contributed by atoms with Crippen LogP contribution >= 0.6 is 0 Å². The summed E-state index contributed by atoms with van der Waals surface area (Å²) in [5.41, 5.74) is 5.66. The van der Waals surface area contributed by atoms with Crippen molar-refractivity contribution in [1.82, 2.24) is 9.80 Å². The van der Waals surface area contributed by atoms with E-state index in [-0.39, 0.29) is 0 Å². The second-order valence-electron chi connectivity index (χ2n) is 6.40. The Labute approximate surface area is 124 Å². The van der Waals surface area contributed by atoms with Gasteiger partial charge < -0.3 is 15.4 Å². The maximum Gasteiger partial charge on any atom is 0.0618 e. The largest absolute Gasteiger partial charge is 0.383 e. The van der Waals surface area contributed by atoms with Gasteiger partial charge in [0.2, 0.25) is 0 Å². The van der Waals surface area contributed by atoms with Gasteiger partial charge in [-0.3, -0.25) is 4.90 Å². The zero-order valence-electron chi connectivity index (χ0n) is 13.2. The summed E-state index contributed by atoms with van der Waals surface area (Å²) >= 11 is 0. The summed E-state index contributed by atoms with van der Waals surface area (Å²) in [5, 5.41) is 0. The van der Waals surface area contributed by atoms with Crippen LogP contribution in [0.25, 0.3) is 0 Å². The van der Waals surface area contributed by atoms with Crippen LogP contribution in [0.1, 0.15) is 44.9 Å². The van der Waals surface area contributed by atoms with Gasteiger partial charge in [0.25, 0.3) is 0 Å². The van der Waals surface area contributed by atoms with Crippen LogP contribution in [0, 0.1) is 0 Å². The third-order valence-electron chi connectivity index (χ3n) is 5.02. The van der Waals surface area contributed by atoms with Crippen LogP contribution in [0.5, 0.6) is 0 Å². The van der Waals surface area contributed by atoms with Crippen molar-refractivity contribution in [2.75, 3.05) is 46.4 Å². The highest BCUT2D eigenvalue weighted by atomic mass is 16.5. The summed E-state index contributed by atoms with van der Waals surface area (Å²) in [5.74, 6) is 0. The number of hydrogen-bond donors (Lipinski definition) is 1. The molecule has 1 atom stereocenters. The van der Waals surface area contributed by atoms with Gasteiger partial charge in [-0.25, -0.2) is 0 Å². The fourth-order valence-corrected chi connectivity index (χ4v) is 3.82. The molecule has 1 unspecified atom stereocenters. The van der Waals surface area contributed by atoms with Gasteiger partial charge in [0, 0.05) is 32.3 Å². The molecule has 0 aromatic rings. The number of nitrogens with two attached hydrogens (primary N) is 1. The van der Waals surface area contributed by atoms with E-state index < -0.39 is 0 Å². The highest BCUT2D eigenvalue weighted by molar-refractivity contribution is 4.84. The molecule has 2 rings (SSSR count). The summed E-state index contributed by atoms with van der Waals surface area (Å²) in [7, 11) is 1.82. The molecule has 2 heterocycles. The van der Waals surface area contributed by atoms with Gasteiger partial charge in [-0.05, 0) is 58.2 Å². The van der Waals surface area contributed by atoms with Gasteiger partial charge >= 0.3 is 0 Å². The summed E-state index contributed by atoms with van der Waals surface area (Å²) in [4.78, 5) is 5.38. The van der Waals surface area contributed by atoms with Crippen molar-refractivity contribution in [2.45, 2.75) is 57.0 Å². The minimum absolute atomic E-state index is 0.575. The zero-order chi connectivity index (χ0) is 14.2. The Morgan fingerprint density at radius 3 is 2.40 bits per heavy atom. The van der Waals surface area contributed by atoms with Crippen molar-refractivity contribution in [2.24, 2.45) is 5.73 Å². The van der Waals surface area contributed by atoms with Gasteiger partial charge in [-0.15, -0.1) is 0 Å². The molecule has 2 saturated heterocycles. The van der Waals surface area contributed by atoms with Crippen molar-refractivity contribution in [3.8, 4) is 0 Å². The Morgan fingerprint density at radius 1 is 1.10 bits per heavy atom. The number of ether oxygens (including phenoxy) is 1. The Morgan fingerprint density at radius 2 is 1.80 bits per heavy atom. The van der Waals surface area contributed by atoms with Gasteiger partial charge in [0.15, 0.2) is 0 Å².